The first-order valence-electron chi connectivity index (χ1n) is 6.31. The molecule has 2 N–H and O–H groups in total. The summed E-state index contributed by atoms with van der Waals surface area (Å²) >= 11 is 0. The van der Waals surface area contributed by atoms with E-state index in [9.17, 15) is 26.4 Å². The lowest BCUT2D eigenvalue weighted by Crippen LogP contribution is -2.46. The molecule has 0 atom stereocenters. The smallest absolute Gasteiger partial charge is 0.319 e. The number of hydrogen-bond donors (Lipinski definition) is 2. The highest BCUT2D eigenvalue weighted by molar-refractivity contribution is 7.90. The van der Waals surface area contributed by atoms with E-state index in [1.54, 1.807) is 13.8 Å². The quantitative estimate of drug-likeness (QED) is 0.810. The summed E-state index contributed by atoms with van der Waals surface area (Å²) in [6, 6.07) is 0.493. The van der Waals surface area contributed by atoms with Crippen LogP contribution in [-0.4, -0.2) is 32.0 Å². The standard InChI is InChI=1S/C13H17F3N2O3S/c1-13(2,4-5-22(3,20)21)18-12(19)17-8-6-9(14)11(16)10(15)7-8/h6-7H,4-5H2,1-3H3,(H2,17,18,19). The molecular weight excluding hydrogens is 321 g/mol. The largest absolute Gasteiger partial charge is 0.333 e. The van der Waals surface area contributed by atoms with Crippen LogP contribution in [0.25, 0.3) is 0 Å². The van der Waals surface area contributed by atoms with E-state index >= 15 is 0 Å². The third-order valence-electron chi connectivity index (χ3n) is 2.79. The number of carbonyl (C=O) groups excluding carboxylic acids is 1. The Balaban J connectivity index is 2.70. The second kappa shape index (κ2) is 6.55. The van der Waals surface area contributed by atoms with Crippen molar-refractivity contribution >= 4 is 21.6 Å². The first-order chi connectivity index (χ1) is 9.89. The molecule has 2 amide bonds. The molecule has 0 spiro atoms. The van der Waals surface area contributed by atoms with Crippen molar-refractivity contribution < 1.29 is 26.4 Å². The van der Waals surface area contributed by atoms with E-state index in [1.165, 1.54) is 0 Å². The van der Waals surface area contributed by atoms with Gasteiger partial charge in [-0.15, -0.1) is 0 Å². The Morgan fingerprint density at radius 3 is 2.14 bits per heavy atom. The number of halogens is 3. The third kappa shape index (κ3) is 5.92. The minimum Gasteiger partial charge on any atom is -0.333 e. The van der Waals surface area contributed by atoms with Crippen molar-refractivity contribution in [2.24, 2.45) is 0 Å². The van der Waals surface area contributed by atoms with Gasteiger partial charge in [-0.3, -0.25) is 0 Å². The second-order valence-corrected chi connectivity index (χ2v) is 7.86. The first-order valence-corrected chi connectivity index (χ1v) is 8.37. The van der Waals surface area contributed by atoms with Gasteiger partial charge in [-0.25, -0.2) is 26.4 Å². The van der Waals surface area contributed by atoms with Crippen molar-refractivity contribution in [1.82, 2.24) is 5.32 Å². The minimum absolute atomic E-state index is 0.125. The molecule has 9 heteroatoms. The summed E-state index contributed by atoms with van der Waals surface area (Å²) in [7, 11) is -3.18. The molecule has 0 aromatic heterocycles. The van der Waals surface area contributed by atoms with Crippen LogP contribution in [0.3, 0.4) is 0 Å². The van der Waals surface area contributed by atoms with Crippen LogP contribution in [0.5, 0.6) is 0 Å². The van der Waals surface area contributed by atoms with Crippen LogP contribution >= 0.6 is 0 Å². The van der Waals surface area contributed by atoms with Crippen LogP contribution in [0.1, 0.15) is 20.3 Å². The molecule has 124 valence electrons. The number of hydrogen-bond acceptors (Lipinski definition) is 3. The molecule has 0 unspecified atom stereocenters. The summed E-state index contributed by atoms with van der Waals surface area (Å²) in [5, 5.41) is 4.64. The fourth-order valence-electron chi connectivity index (χ4n) is 1.60. The summed E-state index contributed by atoms with van der Waals surface area (Å²) in [4.78, 5) is 11.7. The van der Waals surface area contributed by atoms with E-state index in [0.29, 0.717) is 12.1 Å². The molecule has 22 heavy (non-hydrogen) atoms. The summed E-state index contributed by atoms with van der Waals surface area (Å²) < 4.78 is 61.1. The first kappa shape index (κ1) is 18.3. The zero-order valence-corrected chi connectivity index (χ0v) is 13.2. The van der Waals surface area contributed by atoms with Crippen molar-refractivity contribution in [2.45, 2.75) is 25.8 Å². The Kier molecular flexibility index (Phi) is 5.44. The van der Waals surface area contributed by atoms with E-state index < -0.39 is 38.9 Å². The fraction of sp³-hybridized carbons (Fsp3) is 0.462. The number of urea groups is 1. The molecule has 0 fully saturated rings. The SMILES string of the molecule is CC(C)(CCS(C)(=O)=O)NC(=O)Nc1cc(F)c(F)c(F)c1. The summed E-state index contributed by atoms with van der Waals surface area (Å²) in [6.45, 7) is 3.20. The average molecular weight is 338 g/mol. The van der Waals surface area contributed by atoms with Crippen molar-refractivity contribution in [2.75, 3.05) is 17.3 Å². The van der Waals surface area contributed by atoms with E-state index in [0.717, 1.165) is 6.26 Å². The number of nitrogens with one attached hydrogen (secondary N) is 2. The average Bonchev–Trinajstić information content (AvgIpc) is 2.32. The van der Waals surface area contributed by atoms with Gasteiger partial charge in [0, 0.05) is 29.6 Å². The van der Waals surface area contributed by atoms with Gasteiger partial charge in [0.15, 0.2) is 17.5 Å². The molecule has 1 aromatic carbocycles. The zero-order valence-electron chi connectivity index (χ0n) is 12.3. The molecular formula is C13H17F3N2O3S. The molecule has 0 aliphatic heterocycles. The summed E-state index contributed by atoms with van der Waals surface area (Å²) in [5.74, 6) is -4.60. The maximum atomic E-state index is 13.0. The molecule has 0 saturated carbocycles. The highest BCUT2D eigenvalue weighted by Gasteiger charge is 2.22. The number of anilines is 1. The van der Waals surface area contributed by atoms with Gasteiger partial charge >= 0.3 is 6.03 Å². The van der Waals surface area contributed by atoms with Crippen molar-refractivity contribution in [3.05, 3.63) is 29.6 Å². The zero-order chi connectivity index (χ0) is 17.1. The Bertz CT molecular complexity index is 652. The van der Waals surface area contributed by atoms with Gasteiger partial charge < -0.3 is 10.6 Å². The van der Waals surface area contributed by atoms with E-state index in [1.807, 2.05) is 0 Å². The van der Waals surface area contributed by atoms with Gasteiger partial charge in [0.1, 0.15) is 9.84 Å². The van der Waals surface area contributed by atoms with Crippen molar-refractivity contribution in [3.8, 4) is 0 Å². The number of sulfone groups is 1. The Morgan fingerprint density at radius 1 is 1.18 bits per heavy atom. The molecule has 0 heterocycles. The van der Waals surface area contributed by atoms with Crippen LogP contribution in [0.15, 0.2) is 12.1 Å². The molecule has 0 bridgehead atoms. The second-order valence-electron chi connectivity index (χ2n) is 5.60. The van der Waals surface area contributed by atoms with Crippen molar-refractivity contribution in [1.29, 1.82) is 0 Å². The number of carbonyl (C=O) groups is 1. The van der Waals surface area contributed by atoms with Crippen LogP contribution in [-0.2, 0) is 9.84 Å². The van der Waals surface area contributed by atoms with Crippen LogP contribution < -0.4 is 10.6 Å². The number of benzene rings is 1. The maximum absolute atomic E-state index is 13.0. The molecule has 0 aliphatic rings. The van der Waals surface area contributed by atoms with Crippen LogP contribution in [0, 0.1) is 17.5 Å². The minimum atomic E-state index is -3.18. The topological polar surface area (TPSA) is 75.3 Å². The summed E-state index contributed by atoms with van der Waals surface area (Å²) in [5.41, 5.74) is -1.11. The lowest BCUT2D eigenvalue weighted by Gasteiger charge is -2.26. The summed E-state index contributed by atoms with van der Waals surface area (Å²) in [6.07, 6.45) is 1.23. The predicted octanol–water partition coefficient (Wildman–Crippen LogP) is 2.44. The fourth-order valence-corrected chi connectivity index (χ4v) is 2.48. The van der Waals surface area contributed by atoms with Gasteiger partial charge in [0.05, 0.1) is 5.75 Å². The predicted molar refractivity (Wildman–Crippen MR) is 76.9 cm³/mol. The van der Waals surface area contributed by atoms with Crippen molar-refractivity contribution in [3.63, 3.8) is 0 Å². The Morgan fingerprint density at radius 2 is 1.68 bits per heavy atom. The van der Waals surface area contributed by atoms with Gasteiger partial charge in [-0.2, -0.15) is 0 Å². The van der Waals surface area contributed by atoms with Crippen LogP contribution in [0.4, 0.5) is 23.7 Å². The highest BCUT2D eigenvalue weighted by atomic mass is 32.2. The molecule has 5 nitrogen and oxygen atoms in total. The van der Waals surface area contributed by atoms with E-state index in [2.05, 4.69) is 10.6 Å². The molecule has 1 rings (SSSR count). The number of rotatable bonds is 5. The molecule has 1 aromatic rings. The van der Waals surface area contributed by atoms with E-state index in [4.69, 9.17) is 0 Å². The van der Waals surface area contributed by atoms with Gasteiger partial charge in [0.2, 0.25) is 0 Å². The monoisotopic (exact) mass is 338 g/mol. The Hall–Kier alpha value is -1.77. The normalized spacial score (nSPS) is 12.1. The lowest BCUT2D eigenvalue weighted by molar-refractivity contribution is 0.240. The maximum Gasteiger partial charge on any atom is 0.319 e. The number of amides is 2. The van der Waals surface area contributed by atoms with Gasteiger partial charge in [0.25, 0.3) is 0 Å². The van der Waals surface area contributed by atoms with Gasteiger partial charge in [-0.05, 0) is 20.3 Å². The lowest BCUT2D eigenvalue weighted by atomic mass is 10.0. The molecule has 0 saturated heterocycles. The third-order valence-corrected chi connectivity index (χ3v) is 3.74. The highest BCUT2D eigenvalue weighted by Crippen LogP contribution is 2.18. The van der Waals surface area contributed by atoms with Crippen LogP contribution in [0.2, 0.25) is 0 Å². The van der Waals surface area contributed by atoms with Gasteiger partial charge in [-0.1, -0.05) is 0 Å². The van der Waals surface area contributed by atoms with E-state index in [-0.39, 0.29) is 17.9 Å². The molecule has 0 radical (unpaired) electrons. The molecule has 0 aliphatic carbocycles. The Labute approximate surface area is 126 Å².